The number of aryl methyl sites for hydroxylation is 1. The van der Waals surface area contributed by atoms with Gasteiger partial charge in [0.15, 0.2) is 5.03 Å². The van der Waals surface area contributed by atoms with Crippen molar-refractivity contribution in [2.45, 2.75) is 5.03 Å². The second-order valence-corrected chi connectivity index (χ2v) is 6.71. The maximum atomic E-state index is 12.2. The van der Waals surface area contributed by atoms with Gasteiger partial charge in [-0.2, -0.15) is 23.5 Å². The number of rotatable bonds is 5. The first-order valence-corrected chi connectivity index (χ1v) is 8.53. The number of methoxy groups -OCH3 is 2. The zero-order valence-corrected chi connectivity index (χ0v) is 15.2. The fraction of sp³-hybridized carbons (Fsp3) is 0.273. The Bertz CT molecular complexity index is 826. The second kappa shape index (κ2) is 7.00. The number of nitrogens with one attached hydrogen (secondary N) is 2. The van der Waals surface area contributed by atoms with Gasteiger partial charge in [-0.15, -0.1) is 0 Å². The van der Waals surface area contributed by atoms with Crippen LogP contribution in [0.4, 0.5) is 10.7 Å². The Morgan fingerprint density at radius 3 is 2.29 bits per heavy atom. The molecule has 0 aliphatic heterocycles. The fourth-order valence-electron chi connectivity index (χ4n) is 1.67. The summed E-state index contributed by atoms with van der Waals surface area (Å²) in [5.74, 6) is 0.0757. The van der Waals surface area contributed by atoms with Gasteiger partial charge in [0, 0.05) is 7.05 Å². The maximum Gasteiger partial charge on any atom is 0.335 e. The Kier molecular flexibility index (Phi) is 5.23. The molecule has 0 atom stereocenters. The van der Waals surface area contributed by atoms with Gasteiger partial charge < -0.3 is 9.47 Å². The SMILES string of the molecule is COc1cc(OC)nc(NC(=O)NS(=O)(=O)c2c(Br)cnn2C)n1. The van der Waals surface area contributed by atoms with Crippen LogP contribution in [0.3, 0.4) is 0 Å². The maximum absolute atomic E-state index is 12.2. The molecule has 0 saturated carbocycles. The van der Waals surface area contributed by atoms with E-state index in [9.17, 15) is 13.2 Å². The molecule has 2 amide bonds. The molecule has 11 nitrogen and oxygen atoms in total. The molecular weight excluding hydrogens is 408 g/mol. The summed E-state index contributed by atoms with van der Waals surface area (Å²) in [6.07, 6.45) is 1.29. The van der Waals surface area contributed by atoms with Gasteiger partial charge in [0.2, 0.25) is 17.7 Å². The minimum Gasteiger partial charge on any atom is -0.481 e. The van der Waals surface area contributed by atoms with E-state index in [2.05, 4.69) is 36.3 Å². The first kappa shape index (κ1) is 17.9. The average molecular weight is 421 g/mol. The van der Waals surface area contributed by atoms with Gasteiger partial charge in [-0.05, 0) is 15.9 Å². The molecule has 130 valence electrons. The number of aromatic nitrogens is 4. The van der Waals surface area contributed by atoms with Crippen LogP contribution < -0.4 is 19.5 Å². The summed E-state index contributed by atoms with van der Waals surface area (Å²) in [7, 11) is 0.0105. The number of carbonyl (C=O) groups is 1. The fourth-order valence-corrected chi connectivity index (χ4v) is 3.75. The minimum atomic E-state index is -4.16. The third-order valence-electron chi connectivity index (χ3n) is 2.65. The lowest BCUT2D eigenvalue weighted by Gasteiger charge is -2.09. The molecule has 0 fully saturated rings. The van der Waals surface area contributed by atoms with Crippen molar-refractivity contribution >= 4 is 37.9 Å². The van der Waals surface area contributed by atoms with Crippen LogP contribution >= 0.6 is 15.9 Å². The Morgan fingerprint density at radius 1 is 1.25 bits per heavy atom. The summed E-state index contributed by atoms with van der Waals surface area (Å²) in [6, 6.07) is 0.338. The molecule has 0 saturated heterocycles. The third kappa shape index (κ3) is 3.91. The van der Waals surface area contributed by atoms with Gasteiger partial charge in [-0.3, -0.25) is 10.00 Å². The van der Waals surface area contributed by atoms with Crippen molar-refractivity contribution in [3.05, 3.63) is 16.7 Å². The van der Waals surface area contributed by atoms with Crippen LogP contribution in [-0.4, -0.2) is 48.4 Å². The quantitative estimate of drug-likeness (QED) is 0.712. The van der Waals surface area contributed by atoms with Crippen LogP contribution in [0.25, 0.3) is 0 Å². The number of hydrogen-bond acceptors (Lipinski definition) is 8. The summed E-state index contributed by atoms with van der Waals surface area (Å²) < 4.78 is 37.5. The standard InChI is InChI=1S/C11H13BrN6O5S/c1-18-9(6(12)5-13-18)24(20,21)17-11(19)16-10-14-7(22-2)4-8(15-10)23-3/h4-5H,1-3H3,(H2,14,15,16,17,19). The third-order valence-corrected chi connectivity index (χ3v) is 4.94. The number of amides is 2. The average Bonchev–Trinajstić information content (AvgIpc) is 2.85. The molecule has 0 spiro atoms. The molecule has 24 heavy (non-hydrogen) atoms. The van der Waals surface area contributed by atoms with Crippen LogP contribution in [0.5, 0.6) is 11.8 Å². The van der Waals surface area contributed by atoms with E-state index in [0.29, 0.717) is 0 Å². The summed E-state index contributed by atoms with van der Waals surface area (Å²) in [4.78, 5) is 19.7. The number of carbonyl (C=O) groups excluding carboxylic acids is 1. The first-order chi connectivity index (χ1) is 11.3. The highest BCUT2D eigenvalue weighted by Gasteiger charge is 2.25. The Hall–Kier alpha value is -2.41. The highest BCUT2D eigenvalue weighted by atomic mass is 79.9. The van der Waals surface area contributed by atoms with Crippen molar-refractivity contribution in [3.63, 3.8) is 0 Å². The number of anilines is 1. The highest BCUT2D eigenvalue weighted by molar-refractivity contribution is 9.10. The minimum absolute atomic E-state index is 0.134. The van der Waals surface area contributed by atoms with Crippen molar-refractivity contribution in [1.82, 2.24) is 24.5 Å². The Morgan fingerprint density at radius 2 is 1.83 bits per heavy atom. The van der Waals surface area contributed by atoms with Crippen LogP contribution in [0, 0.1) is 0 Å². The zero-order chi connectivity index (χ0) is 17.9. The zero-order valence-electron chi connectivity index (χ0n) is 12.8. The number of sulfonamides is 1. The molecule has 2 heterocycles. The summed E-state index contributed by atoms with van der Waals surface area (Å²) in [6.45, 7) is 0. The number of urea groups is 1. The first-order valence-electron chi connectivity index (χ1n) is 6.25. The van der Waals surface area contributed by atoms with Crippen molar-refractivity contribution in [1.29, 1.82) is 0 Å². The summed E-state index contributed by atoms with van der Waals surface area (Å²) >= 11 is 3.06. The Labute approximate surface area is 145 Å². The number of hydrogen-bond donors (Lipinski definition) is 2. The normalized spacial score (nSPS) is 11.0. The van der Waals surface area contributed by atoms with Crippen LogP contribution in [0.2, 0.25) is 0 Å². The molecule has 0 bridgehead atoms. The molecule has 2 aromatic rings. The van der Waals surface area contributed by atoms with Gasteiger partial charge in [0.25, 0.3) is 10.0 Å². The second-order valence-electron chi connectivity index (χ2n) is 4.26. The van der Waals surface area contributed by atoms with E-state index in [1.807, 2.05) is 4.72 Å². The van der Waals surface area contributed by atoms with Gasteiger partial charge in [-0.1, -0.05) is 0 Å². The van der Waals surface area contributed by atoms with E-state index in [1.165, 1.54) is 33.5 Å². The van der Waals surface area contributed by atoms with E-state index in [0.717, 1.165) is 4.68 Å². The highest BCUT2D eigenvalue weighted by Crippen LogP contribution is 2.20. The van der Waals surface area contributed by atoms with Crippen LogP contribution in [0.15, 0.2) is 21.8 Å². The van der Waals surface area contributed by atoms with Gasteiger partial charge in [-0.25, -0.2) is 9.52 Å². The van der Waals surface area contributed by atoms with E-state index in [-0.39, 0.29) is 27.2 Å². The van der Waals surface area contributed by atoms with E-state index < -0.39 is 16.1 Å². The molecule has 0 unspecified atom stereocenters. The summed E-state index contributed by atoms with van der Waals surface area (Å²) in [5, 5.41) is 5.77. The van der Waals surface area contributed by atoms with E-state index >= 15 is 0 Å². The molecule has 2 aromatic heterocycles. The number of ether oxygens (including phenoxy) is 2. The predicted molar refractivity (Wildman–Crippen MR) is 85.4 cm³/mol. The number of nitrogens with zero attached hydrogens (tertiary/aromatic N) is 4. The predicted octanol–water partition coefficient (Wildman–Crippen LogP) is 0.500. The van der Waals surface area contributed by atoms with Crippen molar-refractivity contribution in [3.8, 4) is 11.8 Å². The van der Waals surface area contributed by atoms with E-state index in [1.54, 1.807) is 0 Å². The lowest BCUT2D eigenvalue weighted by atomic mass is 10.6. The van der Waals surface area contributed by atoms with Crippen molar-refractivity contribution in [2.75, 3.05) is 19.5 Å². The van der Waals surface area contributed by atoms with Crippen LogP contribution in [0.1, 0.15) is 0 Å². The van der Waals surface area contributed by atoms with Crippen molar-refractivity contribution < 1.29 is 22.7 Å². The lowest BCUT2D eigenvalue weighted by molar-refractivity contribution is 0.256. The monoisotopic (exact) mass is 420 g/mol. The Balaban J connectivity index is 2.19. The van der Waals surface area contributed by atoms with Gasteiger partial charge in [0.1, 0.15) is 0 Å². The molecule has 0 radical (unpaired) electrons. The molecule has 2 N–H and O–H groups in total. The molecule has 0 aliphatic rings. The van der Waals surface area contributed by atoms with Crippen molar-refractivity contribution in [2.24, 2.45) is 7.05 Å². The topological polar surface area (TPSA) is 137 Å². The summed E-state index contributed by atoms with van der Waals surface area (Å²) in [5.41, 5.74) is 0. The van der Waals surface area contributed by atoms with Gasteiger partial charge in [0.05, 0.1) is 31.0 Å². The van der Waals surface area contributed by atoms with E-state index in [4.69, 9.17) is 9.47 Å². The smallest absolute Gasteiger partial charge is 0.335 e. The molecule has 2 rings (SSSR count). The van der Waals surface area contributed by atoms with Gasteiger partial charge >= 0.3 is 6.03 Å². The van der Waals surface area contributed by atoms with Crippen LogP contribution in [-0.2, 0) is 17.1 Å². The lowest BCUT2D eigenvalue weighted by Crippen LogP contribution is -2.36. The largest absolute Gasteiger partial charge is 0.481 e. The molecule has 0 aromatic carbocycles. The number of halogens is 1. The molecular formula is C11H13BrN6O5S. The molecule has 0 aliphatic carbocycles. The molecule has 13 heteroatoms.